The summed E-state index contributed by atoms with van der Waals surface area (Å²) in [5.74, 6) is -0.668. The molecule has 2 heterocycles. The number of amides is 3. The number of nitrogens with zero attached hydrogens (tertiary/aromatic N) is 2. The molecule has 0 bridgehead atoms. The second-order valence-electron chi connectivity index (χ2n) is 11.0. The predicted octanol–water partition coefficient (Wildman–Crippen LogP) is 4.37. The van der Waals surface area contributed by atoms with E-state index in [1.165, 1.54) is 4.90 Å². The van der Waals surface area contributed by atoms with Crippen LogP contribution in [0.25, 0.3) is 10.9 Å². The normalized spacial score (nSPS) is 17.3. The number of likely N-dealkylation sites (tertiary alicyclic amines) is 1. The van der Waals surface area contributed by atoms with E-state index in [4.69, 9.17) is 14.7 Å². The minimum absolute atomic E-state index is 0.0588. The van der Waals surface area contributed by atoms with Gasteiger partial charge in [-0.25, -0.2) is 10.3 Å². The second-order valence-corrected chi connectivity index (χ2v) is 11.0. The van der Waals surface area contributed by atoms with Gasteiger partial charge >= 0.3 is 6.09 Å². The summed E-state index contributed by atoms with van der Waals surface area (Å²) in [5, 5.41) is 13.1. The standard InChI is InChI=1S/C30H36N4O6/c1-19-15-22(24-7-5-6-8-26(24)31-19)18-39-23-11-9-20(10-12-23)28(36)32-25-13-14-34(29(37)40-30(2,3)4)17-21(25)16-27(35)33-38/h5-12,15,21,25,38H,13-14,16-18H2,1-4H3,(H,32,36)(H,33,35)/t21-,25+/m0/s1. The lowest BCUT2D eigenvalue weighted by atomic mass is 9.89. The van der Waals surface area contributed by atoms with Crippen LogP contribution in [-0.4, -0.2) is 57.7 Å². The van der Waals surface area contributed by atoms with Crippen LogP contribution in [0.15, 0.2) is 54.6 Å². The first-order valence-electron chi connectivity index (χ1n) is 13.3. The van der Waals surface area contributed by atoms with Crippen LogP contribution >= 0.6 is 0 Å². The number of hydroxylamine groups is 1. The number of aromatic nitrogens is 1. The van der Waals surface area contributed by atoms with E-state index in [9.17, 15) is 14.4 Å². The van der Waals surface area contributed by atoms with Crippen molar-refractivity contribution >= 4 is 28.8 Å². The Morgan fingerprint density at radius 3 is 2.52 bits per heavy atom. The Bertz CT molecular complexity index is 1370. The number of pyridine rings is 1. The number of ether oxygens (including phenoxy) is 2. The van der Waals surface area contributed by atoms with Crippen molar-refractivity contribution in [2.24, 2.45) is 5.92 Å². The number of carbonyl (C=O) groups excluding carboxylic acids is 3. The summed E-state index contributed by atoms with van der Waals surface area (Å²) in [7, 11) is 0. The second kappa shape index (κ2) is 12.3. The Morgan fingerprint density at radius 1 is 1.10 bits per heavy atom. The number of para-hydroxylation sites is 1. The number of nitrogens with one attached hydrogen (secondary N) is 2. The van der Waals surface area contributed by atoms with E-state index in [1.807, 2.05) is 37.3 Å². The molecular weight excluding hydrogens is 512 g/mol. The molecule has 0 spiro atoms. The summed E-state index contributed by atoms with van der Waals surface area (Å²) in [4.78, 5) is 43.7. The van der Waals surface area contributed by atoms with Crippen molar-refractivity contribution in [3.05, 3.63) is 71.4 Å². The van der Waals surface area contributed by atoms with Crippen molar-refractivity contribution in [1.82, 2.24) is 20.7 Å². The van der Waals surface area contributed by atoms with E-state index >= 15 is 0 Å². The average Bonchev–Trinajstić information content (AvgIpc) is 2.91. The number of fused-ring (bicyclic) bond motifs is 1. The van der Waals surface area contributed by atoms with E-state index in [0.717, 1.165) is 22.2 Å². The van der Waals surface area contributed by atoms with Gasteiger partial charge in [-0.2, -0.15) is 0 Å². The summed E-state index contributed by atoms with van der Waals surface area (Å²) in [6.45, 7) is 8.24. The van der Waals surface area contributed by atoms with Crippen molar-refractivity contribution < 1.29 is 29.1 Å². The van der Waals surface area contributed by atoms with Crippen LogP contribution in [-0.2, 0) is 16.1 Å². The third-order valence-electron chi connectivity index (χ3n) is 6.72. The molecule has 40 heavy (non-hydrogen) atoms. The van der Waals surface area contributed by atoms with Crippen molar-refractivity contribution in [2.45, 2.75) is 58.8 Å². The molecule has 0 aliphatic carbocycles. The van der Waals surface area contributed by atoms with Gasteiger partial charge in [0.25, 0.3) is 5.91 Å². The number of hydrogen-bond donors (Lipinski definition) is 3. The average molecular weight is 549 g/mol. The highest BCUT2D eigenvalue weighted by Crippen LogP contribution is 2.24. The highest BCUT2D eigenvalue weighted by molar-refractivity contribution is 5.94. The molecule has 4 rings (SSSR count). The van der Waals surface area contributed by atoms with Gasteiger partial charge < -0.3 is 19.7 Å². The Kier molecular flexibility index (Phi) is 8.89. The van der Waals surface area contributed by atoms with Crippen LogP contribution in [0.1, 0.15) is 55.2 Å². The zero-order valence-electron chi connectivity index (χ0n) is 23.3. The lowest BCUT2D eigenvalue weighted by Crippen LogP contribution is -2.54. The first kappa shape index (κ1) is 28.8. The summed E-state index contributed by atoms with van der Waals surface area (Å²) < 4.78 is 11.5. The van der Waals surface area contributed by atoms with E-state index in [-0.39, 0.29) is 24.9 Å². The SMILES string of the molecule is Cc1cc(COc2ccc(C(=O)N[C@@H]3CCN(C(=O)OC(C)(C)C)C[C@@H]3CC(=O)NO)cc2)c2ccccc2n1. The van der Waals surface area contributed by atoms with Gasteiger partial charge in [0.1, 0.15) is 18.0 Å². The van der Waals surface area contributed by atoms with Crippen molar-refractivity contribution in [1.29, 1.82) is 0 Å². The monoisotopic (exact) mass is 548 g/mol. The molecule has 3 amide bonds. The summed E-state index contributed by atoms with van der Waals surface area (Å²) in [5.41, 5.74) is 4.29. The molecule has 2 atom stereocenters. The molecule has 3 aromatic rings. The Labute approximate surface area is 233 Å². The summed E-state index contributed by atoms with van der Waals surface area (Å²) in [6.07, 6.45) is -0.0943. The fourth-order valence-electron chi connectivity index (χ4n) is 4.83. The van der Waals surface area contributed by atoms with Gasteiger partial charge in [-0.05, 0) is 70.5 Å². The molecule has 2 aromatic carbocycles. The molecule has 0 radical (unpaired) electrons. The van der Waals surface area contributed by atoms with Crippen LogP contribution < -0.4 is 15.5 Å². The first-order chi connectivity index (χ1) is 19.0. The van der Waals surface area contributed by atoms with E-state index in [0.29, 0.717) is 30.9 Å². The van der Waals surface area contributed by atoms with Gasteiger partial charge in [0.05, 0.1) is 5.52 Å². The number of benzene rings is 2. The van der Waals surface area contributed by atoms with Gasteiger partial charge in [0.2, 0.25) is 5.91 Å². The van der Waals surface area contributed by atoms with Crippen LogP contribution in [0.2, 0.25) is 0 Å². The molecule has 1 saturated heterocycles. The number of carbonyl (C=O) groups is 3. The molecular formula is C30H36N4O6. The smallest absolute Gasteiger partial charge is 0.410 e. The van der Waals surface area contributed by atoms with Crippen LogP contribution in [0.4, 0.5) is 4.79 Å². The van der Waals surface area contributed by atoms with Crippen LogP contribution in [0.3, 0.4) is 0 Å². The van der Waals surface area contributed by atoms with Crippen LogP contribution in [0, 0.1) is 12.8 Å². The van der Waals surface area contributed by atoms with E-state index in [1.54, 1.807) is 50.5 Å². The van der Waals surface area contributed by atoms with Gasteiger partial charge in [-0.15, -0.1) is 0 Å². The Morgan fingerprint density at radius 2 is 1.82 bits per heavy atom. The number of hydrogen-bond acceptors (Lipinski definition) is 7. The minimum atomic E-state index is -0.652. The lowest BCUT2D eigenvalue weighted by molar-refractivity contribution is -0.130. The summed E-state index contributed by atoms with van der Waals surface area (Å²) in [6, 6.07) is 16.4. The maximum atomic E-state index is 13.1. The molecule has 0 unspecified atom stereocenters. The third-order valence-corrected chi connectivity index (χ3v) is 6.72. The fourth-order valence-corrected chi connectivity index (χ4v) is 4.83. The quantitative estimate of drug-likeness (QED) is 0.295. The first-order valence-corrected chi connectivity index (χ1v) is 13.3. The largest absolute Gasteiger partial charge is 0.489 e. The zero-order valence-corrected chi connectivity index (χ0v) is 23.3. The van der Waals surface area contributed by atoms with Gasteiger partial charge in [0.15, 0.2) is 0 Å². The predicted molar refractivity (Wildman–Crippen MR) is 149 cm³/mol. The highest BCUT2D eigenvalue weighted by Gasteiger charge is 2.35. The highest BCUT2D eigenvalue weighted by atomic mass is 16.6. The molecule has 1 aliphatic rings. The lowest BCUT2D eigenvalue weighted by Gasteiger charge is -2.39. The molecule has 1 aliphatic heterocycles. The zero-order chi connectivity index (χ0) is 28.9. The molecule has 1 aromatic heterocycles. The van der Waals surface area contributed by atoms with Crippen molar-refractivity contribution in [3.8, 4) is 5.75 Å². The van der Waals surface area contributed by atoms with Crippen molar-refractivity contribution in [2.75, 3.05) is 13.1 Å². The number of aryl methyl sites for hydroxylation is 1. The maximum absolute atomic E-state index is 13.1. The molecule has 1 fully saturated rings. The number of piperidine rings is 1. The van der Waals surface area contributed by atoms with Crippen LogP contribution in [0.5, 0.6) is 5.75 Å². The van der Waals surface area contributed by atoms with Gasteiger partial charge in [-0.1, -0.05) is 18.2 Å². The topological polar surface area (TPSA) is 130 Å². The molecule has 10 nitrogen and oxygen atoms in total. The fraction of sp³-hybridized carbons (Fsp3) is 0.400. The molecule has 0 saturated carbocycles. The Hall–Kier alpha value is -4.18. The minimum Gasteiger partial charge on any atom is -0.489 e. The van der Waals surface area contributed by atoms with E-state index < -0.39 is 23.5 Å². The maximum Gasteiger partial charge on any atom is 0.410 e. The van der Waals surface area contributed by atoms with Gasteiger partial charge in [0, 0.05) is 53.7 Å². The van der Waals surface area contributed by atoms with Gasteiger partial charge in [-0.3, -0.25) is 19.8 Å². The third kappa shape index (κ3) is 7.47. The molecule has 10 heteroatoms. The molecule has 3 N–H and O–H groups in total. The Balaban J connectivity index is 1.38. The number of rotatable bonds is 7. The van der Waals surface area contributed by atoms with E-state index in [2.05, 4.69) is 10.3 Å². The van der Waals surface area contributed by atoms with Crippen molar-refractivity contribution in [3.63, 3.8) is 0 Å². The molecule has 212 valence electrons. The summed E-state index contributed by atoms with van der Waals surface area (Å²) >= 11 is 0.